The van der Waals surface area contributed by atoms with Gasteiger partial charge >= 0.3 is 0 Å². The Bertz CT molecular complexity index is 1390. The molecule has 2 fully saturated rings. The van der Waals surface area contributed by atoms with Gasteiger partial charge in [0, 0.05) is 30.4 Å². The minimum Gasteiger partial charge on any atom is -0.494 e. The molecule has 1 unspecified atom stereocenters. The average Bonchev–Trinajstić information content (AvgIpc) is 3.83. The molecule has 8 heteroatoms. The van der Waals surface area contributed by atoms with E-state index in [1.165, 1.54) is 38.5 Å². The van der Waals surface area contributed by atoms with Crippen molar-refractivity contribution >= 4 is 23.4 Å². The standard InChI is InChI=1S/C35H45N5O3/c1-4-5-6-7-8-20-42-29-17-13-26(14-18-29)25-11-15-28(16-12-25)36-33-30-22-40(24(2)3)34(41)32(30)37-35(38-33)39-19-21-43-31(23-39)27-9-10-27/h11-18,24,27,31H,4-10,19-23H2,1-3H3,(H,36,37,38). The molecule has 3 aromatic rings. The second-order valence-corrected chi connectivity index (χ2v) is 12.4. The number of hydrogen-bond donors (Lipinski definition) is 1. The summed E-state index contributed by atoms with van der Waals surface area (Å²) in [7, 11) is 0. The fraction of sp³-hybridized carbons (Fsp3) is 0.514. The molecule has 3 aliphatic rings. The van der Waals surface area contributed by atoms with Crippen molar-refractivity contribution in [3.8, 4) is 16.9 Å². The van der Waals surface area contributed by atoms with Crippen molar-refractivity contribution in [1.82, 2.24) is 14.9 Å². The summed E-state index contributed by atoms with van der Waals surface area (Å²) < 4.78 is 12.0. The van der Waals surface area contributed by atoms with Crippen LogP contribution in [-0.2, 0) is 11.3 Å². The van der Waals surface area contributed by atoms with Gasteiger partial charge in [0.25, 0.3) is 5.91 Å². The Hall–Kier alpha value is -3.65. The highest BCUT2D eigenvalue weighted by Gasteiger charge is 2.38. The Kier molecular flexibility index (Phi) is 9.12. The fourth-order valence-electron chi connectivity index (χ4n) is 5.97. The van der Waals surface area contributed by atoms with Crippen molar-refractivity contribution in [3.05, 3.63) is 59.8 Å². The van der Waals surface area contributed by atoms with E-state index >= 15 is 0 Å². The van der Waals surface area contributed by atoms with Gasteiger partial charge in [0.05, 0.1) is 25.9 Å². The van der Waals surface area contributed by atoms with Crippen LogP contribution in [0.25, 0.3) is 11.1 Å². The molecule has 1 aromatic heterocycles. The largest absolute Gasteiger partial charge is 0.494 e. The first-order valence-corrected chi connectivity index (χ1v) is 16.2. The van der Waals surface area contributed by atoms with Crippen LogP contribution in [0.4, 0.5) is 17.5 Å². The molecule has 0 radical (unpaired) electrons. The molecule has 8 nitrogen and oxygen atoms in total. The SMILES string of the molecule is CCCCCCCOc1ccc(-c2ccc(Nc3nc(N4CCOC(C5CC5)C4)nc4c3CN(C(C)C)C4=O)cc2)cc1. The lowest BCUT2D eigenvalue weighted by atomic mass is 10.1. The smallest absolute Gasteiger partial charge is 0.273 e. The van der Waals surface area contributed by atoms with E-state index in [9.17, 15) is 4.79 Å². The molecule has 1 N–H and O–H groups in total. The lowest BCUT2D eigenvalue weighted by Gasteiger charge is -2.33. The first-order chi connectivity index (χ1) is 21.0. The second-order valence-electron chi connectivity index (χ2n) is 12.4. The Balaban J connectivity index is 1.16. The maximum Gasteiger partial charge on any atom is 0.273 e. The Labute approximate surface area is 255 Å². The summed E-state index contributed by atoms with van der Waals surface area (Å²) in [4.78, 5) is 27.2. The minimum absolute atomic E-state index is 0.0250. The van der Waals surface area contributed by atoms with Crippen LogP contribution in [0.2, 0.25) is 0 Å². The van der Waals surface area contributed by atoms with E-state index in [1.54, 1.807) is 0 Å². The number of hydrogen-bond acceptors (Lipinski definition) is 7. The van der Waals surface area contributed by atoms with Gasteiger partial charge < -0.3 is 24.6 Å². The summed E-state index contributed by atoms with van der Waals surface area (Å²) in [6, 6.07) is 16.8. The fourth-order valence-corrected chi connectivity index (χ4v) is 5.97. The summed E-state index contributed by atoms with van der Waals surface area (Å²) in [5.41, 5.74) is 4.57. The zero-order valence-corrected chi connectivity index (χ0v) is 25.8. The highest BCUT2D eigenvalue weighted by molar-refractivity contribution is 5.98. The normalized spacial score (nSPS) is 18.3. The van der Waals surface area contributed by atoms with Gasteiger partial charge in [-0.05, 0) is 74.4 Å². The first kappa shape index (κ1) is 29.4. The number of ether oxygens (including phenoxy) is 2. The third kappa shape index (κ3) is 6.96. The van der Waals surface area contributed by atoms with Gasteiger partial charge in [0.2, 0.25) is 5.95 Å². The molecule has 1 saturated heterocycles. The van der Waals surface area contributed by atoms with E-state index in [0.717, 1.165) is 54.2 Å². The van der Waals surface area contributed by atoms with Crippen molar-refractivity contribution in [3.63, 3.8) is 0 Å². The van der Waals surface area contributed by atoms with Crippen LogP contribution in [-0.4, -0.2) is 59.2 Å². The van der Waals surface area contributed by atoms with Gasteiger partial charge in [-0.2, -0.15) is 4.98 Å². The quantitative estimate of drug-likeness (QED) is 0.213. The van der Waals surface area contributed by atoms with E-state index in [0.29, 0.717) is 36.5 Å². The predicted octanol–water partition coefficient (Wildman–Crippen LogP) is 7.22. The van der Waals surface area contributed by atoms with Crippen LogP contribution in [0.3, 0.4) is 0 Å². The highest BCUT2D eigenvalue weighted by Crippen LogP contribution is 2.37. The number of rotatable bonds is 13. The van der Waals surface area contributed by atoms with E-state index in [-0.39, 0.29) is 18.1 Å². The van der Waals surface area contributed by atoms with E-state index < -0.39 is 0 Å². The zero-order chi connectivity index (χ0) is 29.8. The van der Waals surface area contributed by atoms with Gasteiger partial charge in [-0.1, -0.05) is 56.9 Å². The predicted molar refractivity (Wildman–Crippen MR) is 171 cm³/mol. The Morgan fingerprint density at radius 1 is 0.977 bits per heavy atom. The number of fused-ring (bicyclic) bond motifs is 1. The molecule has 2 aromatic carbocycles. The Morgan fingerprint density at radius 2 is 1.70 bits per heavy atom. The van der Waals surface area contributed by atoms with Gasteiger partial charge in [-0.15, -0.1) is 0 Å². The maximum absolute atomic E-state index is 13.4. The number of nitrogens with zero attached hydrogens (tertiary/aromatic N) is 4. The summed E-state index contributed by atoms with van der Waals surface area (Å²) in [6.07, 6.45) is 8.85. The molecule has 228 valence electrons. The molecule has 0 bridgehead atoms. The van der Waals surface area contributed by atoms with Crippen molar-refractivity contribution in [2.75, 3.05) is 36.5 Å². The van der Waals surface area contributed by atoms with Crippen LogP contribution >= 0.6 is 0 Å². The van der Waals surface area contributed by atoms with Crippen molar-refractivity contribution < 1.29 is 14.3 Å². The number of carbonyl (C=O) groups excluding carboxylic acids is 1. The van der Waals surface area contributed by atoms with E-state index in [2.05, 4.69) is 65.7 Å². The van der Waals surface area contributed by atoms with Crippen molar-refractivity contribution in [2.45, 2.75) is 84.4 Å². The van der Waals surface area contributed by atoms with E-state index in [4.69, 9.17) is 19.4 Å². The first-order valence-electron chi connectivity index (χ1n) is 16.2. The van der Waals surface area contributed by atoms with Crippen LogP contribution in [0.15, 0.2) is 48.5 Å². The highest BCUT2D eigenvalue weighted by atomic mass is 16.5. The summed E-state index contributed by atoms with van der Waals surface area (Å²) in [6.45, 7) is 9.74. The van der Waals surface area contributed by atoms with Gasteiger partial charge in [0.15, 0.2) is 0 Å². The van der Waals surface area contributed by atoms with Crippen LogP contribution in [0.5, 0.6) is 5.75 Å². The number of unbranched alkanes of at least 4 members (excludes halogenated alkanes) is 4. The lowest BCUT2D eigenvalue weighted by Crippen LogP contribution is -2.44. The second kappa shape index (κ2) is 13.3. The molecule has 2 aliphatic heterocycles. The lowest BCUT2D eigenvalue weighted by molar-refractivity contribution is 0.0258. The third-order valence-corrected chi connectivity index (χ3v) is 8.79. The number of anilines is 3. The molecular weight excluding hydrogens is 538 g/mol. The van der Waals surface area contributed by atoms with Gasteiger partial charge in [-0.25, -0.2) is 4.98 Å². The molecular formula is C35H45N5O3. The van der Waals surface area contributed by atoms with E-state index in [1.807, 2.05) is 18.7 Å². The number of carbonyl (C=O) groups is 1. The van der Waals surface area contributed by atoms with Crippen LogP contribution < -0.4 is 15.0 Å². The van der Waals surface area contributed by atoms with Gasteiger partial charge in [0.1, 0.15) is 17.3 Å². The zero-order valence-electron chi connectivity index (χ0n) is 25.8. The molecule has 3 heterocycles. The Morgan fingerprint density at radius 3 is 2.40 bits per heavy atom. The van der Waals surface area contributed by atoms with Crippen molar-refractivity contribution in [1.29, 1.82) is 0 Å². The van der Waals surface area contributed by atoms with Crippen molar-refractivity contribution in [2.24, 2.45) is 5.92 Å². The number of nitrogens with one attached hydrogen (secondary N) is 1. The monoisotopic (exact) mass is 583 g/mol. The summed E-state index contributed by atoms with van der Waals surface area (Å²) >= 11 is 0. The average molecular weight is 584 g/mol. The molecule has 43 heavy (non-hydrogen) atoms. The molecule has 6 rings (SSSR count). The third-order valence-electron chi connectivity index (χ3n) is 8.79. The molecule has 1 saturated carbocycles. The number of aromatic nitrogens is 2. The summed E-state index contributed by atoms with van der Waals surface area (Å²) in [5.74, 6) is 2.84. The maximum atomic E-state index is 13.4. The summed E-state index contributed by atoms with van der Waals surface area (Å²) in [5, 5.41) is 3.53. The molecule has 1 atom stereocenters. The van der Waals surface area contributed by atoms with Crippen LogP contribution in [0.1, 0.15) is 81.8 Å². The molecule has 0 spiro atoms. The van der Waals surface area contributed by atoms with Gasteiger partial charge in [-0.3, -0.25) is 4.79 Å². The topological polar surface area (TPSA) is 79.8 Å². The van der Waals surface area contributed by atoms with Crippen LogP contribution in [0, 0.1) is 5.92 Å². The number of morpholine rings is 1. The minimum atomic E-state index is -0.0250. The molecule has 1 amide bonds. The molecule has 1 aliphatic carbocycles. The number of amides is 1. The number of benzene rings is 2.